The van der Waals surface area contributed by atoms with Gasteiger partial charge in [0, 0.05) is 13.1 Å². The van der Waals surface area contributed by atoms with E-state index in [0.717, 1.165) is 16.7 Å². The Hall–Kier alpha value is -3.61. The average Bonchev–Trinajstić information content (AvgIpc) is 2.71. The van der Waals surface area contributed by atoms with Gasteiger partial charge in [-0.25, -0.2) is 4.39 Å². The molecule has 31 heavy (non-hydrogen) atoms. The van der Waals surface area contributed by atoms with Gasteiger partial charge in [0.2, 0.25) is 0 Å². The molecule has 0 aliphatic heterocycles. The highest BCUT2D eigenvalue weighted by molar-refractivity contribution is 6.01. The first-order valence-corrected chi connectivity index (χ1v) is 9.99. The lowest BCUT2D eigenvalue weighted by Crippen LogP contribution is -2.25. The maximum atomic E-state index is 14.3. The zero-order chi connectivity index (χ0) is 23.3. The number of carbonyl (C=O) groups is 1. The zero-order valence-corrected chi connectivity index (χ0v) is 18.7. The van der Waals surface area contributed by atoms with Crippen molar-refractivity contribution in [3.05, 3.63) is 80.9 Å². The molecule has 3 rings (SSSR count). The number of aryl methyl sites for hydroxylation is 3. The summed E-state index contributed by atoms with van der Waals surface area (Å²) in [6.07, 6.45) is 0. The second-order valence-electron chi connectivity index (χ2n) is 6.97. The summed E-state index contributed by atoms with van der Waals surface area (Å²) in [6.45, 7) is 9.56. The number of nitrogens with two attached hydrogens (primary N) is 1. The van der Waals surface area contributed by atoms with Crippen LogP contribution in [0.25, 0.3) is 0 Å². The summed E-state index contributed by atoms with van der Waals surface area (Å²) < 4.78 is 21.4. The standard InChI is InChI=1S/C22H22FN3O3.C2H6/c1-12-6-8-17(14(3)9-12)29-18-11-19(27)26(4)22(20(18)21(24)28)25-16-7-5-13(2)10-15(16)23;1-2/h5-11,25H,1-4H3,(H2,24,28);1-2H3. The number of hydrogen-bond donors (Lipinski definition) is 2. The largest absolute Gasteiger partial charge is 0.456 e. The van der Waals surface area contributed by atoms with Gasteiger partial charge in [-0.3, -0.25) is 14.2 Å². The molecule has 0 bridgehead atoms. The highest BCUT2D eigenvalue weighted by atomic mass is 19.1. The molecule has 1 aromatic heterocycles. The number of halogens is 1. The van der Waals surface area contributed by atoms with E-state index in [1.54, 1.807) is 19.1 Å². The Labute approximate surface area is 181 Å². The summed E-state index contributed by atoms with van der Waals surface area (Å²) >= 11 is 0. The van der Waals surface area contributed by atoms with E-state index in [4.69, 9.17) is 10.5 Å². The van der Waals surface area contributed by atoms with E-state index in [1.165, 1.54) is 29.8 Å². The number of benzene rings is 2. The second kappa shape index (κ2) is 9.93. The van der Waals surface area contributed by atoms with Gasteiger partial charge in [0.05, 0.1) is 5.69 Å². The number of nitrogens with zero attached hydrogens (tertiary/aromatic N) is 1. The van der Waals surface area contributed by atoms with Crippen LogP contribution in [0.3, 0.4) is 0 Å². The van der Waals surface area contributed by atoms with E-state index in [9.17, 15) is 14.0 Å². The Balaban J connectivity index is 0.00000166. The minimum absolute atomic E-state index is 0.00238. The molecular formula is C24H28FN3O3. The Kier molecular flexibility index (Phi) is 7.58. The van der Waals surface area contributed by atoms with Gasteiger partial charge in [-0.05, 0) is 50.1 Å². The Morgan fingerprint density at radius 2 is 1.61 bits per heavy atom. The normalized spacial score (nSPS) is 10.2. The van der Waals surface area contributed by atoms with Crippen molar-refractivity contribution in [1.82, 2.24) is 4.57 Å². The summed E-state index contributed by atoms with van der Waals surface area (Å²) in [7, 11) is 1.46. The maximum Gasteiger partial charge on any atom is 0.256 e. The third kappa shape index (κ3) is 5.31. The van der Waals surface area contributed by atoms with Crippen molar-refractivity contribution >= 4 is 17.4 Å². The molecule has 0 saturated heterocycles. The number of anilines is 2. The van der Waals surface area contributed by atoms with Crippen LogP contribution in [-0.2, 0) is 7.05 Å². The van der Waals surface area contributed by atoms with Gasteiger partial charge in [0.1, 0.15) is 28.7 Å². The first-order valence-electron chi connectivity index (χ1n) is 9.99. The van der Waals surface area contributed by atoms with E-state index < -0.39 is 17.3 Å². The van der Waals surface area contributed by atoms with Gasteiger partial charge in [0.25, 0.3) is 11.5 Å². The SMILES string of the molecule is CC.Cc1ccc(Oc2cc(=O)n(C)c(Nc3ccc(C)cc3F)c2C(N)=O)c(C)c1. The lowest BCUT2D eigenvalue weighted by atomic mass is 10.1. The van der Waals surface area contributed by atoms with E-state index in [1.807, 2.05) is 39.8 Å². The second-order valence-corrected chi connectivity index (χ2v) is 6.97. The zero-order valence-electron chi connectivity index (χ0n) is 18.7. The number of aromatic nitrogens is 1. The molecule has 164 valence electrons. The van der Waals surface area contributed by atoms with Crippen molar-refractivity contribution < 1.29 is 13.9 Å². The minimum Gasteiger partial charge on any atom is -0.456 e. The third-order valence-corrected chi connectivity index (χ3v) is 4.58. The summed E-state index contributed by atoms with van der Waals surface area (Å²) in [5, 5.41) is 2.82. The van der Waals surface area contributed by atoms with Crippen LogP contribution in [0.15, 0.2) is 47.3 Å². The first kappa shape index (κ1) is 23.7. The fourth-order valence-corrected chi connectivity index (χ4v) is 3.02. The van der Waals surface area contributed by atoms with Crippen molar-refractivity contribution in [2.45, 2.75) is 34.6 Å². The molecule has 7 heteroatoms. The predicted molar refractivity (Wildman–Crippen MR) is 122 cm³/mol. The van der Waals surface area contributed by atoms with Crippen LogP contribution in [0.2, 0.25) is 0 Å². The lowest BCUT2D eigenvalue weighted by Gasteiger charge is -2.19. The summed E-state index contributed by atoms with van der Waals surface area (Å²) in [6, 6.07) is 11.3. The van der Waals surface area contributed by atoms with Crippen molar-refractivity contribution in [2.75, 3.05) is 5.32 Å². The number of carbonyl (C=O) groups excluding carboxylic acids is 1. The van der Waals surface area contributed by atoms with Gasteiger partial charge in [-0.15, -0.1) is 0 Å². The van der Waals surface area contributed by atoms with E-state index in [2.05, 4.69) is 5.32 Å². The van der Waals surface area contributed by atoms with Gasteiger partial charge >= 0.3 is 0 Å². The number of ether oxygens (including phenoxy) is 1. The molecule has 6 nitrogen and oxygen atoms in total. The molecule has 0 fully saturated rings. The summed E-state index contributed by atoms with van der Waals surface area (Å²) in [4.78, 5) is 24.7. The number of pyridine rings is 1. The molecule has 0 radical (unpaired) electrons. The smallest absolute Gasteiger partial charge is 0.256 e. The number of nitrogens with one attached hydrogen (secondary N) is 1. The van der Waals surface area contributed by atoms with Crippen LogP contribution in [0.4, 0.5) is 15.9 Å². The van der Waals surface area contributed by atoms with Crippen LogP contribution >= 0.6 is 0 Å². The number of rotatable bonds is 5. The van der Waals surface area contributed by atoms with Crippen molar-refractivity contribution in [3.8, 4) is 11.5 Å². The molecule has 0 spiro atoms. The quantitative estimate of drug-likeness (QED) is 0.595. The molecule has 0 aliphatic carbocycles. The predicted octanol–water partition coefficient (Wildman–Crippen LogP) is 5.11. The summed E-state index contributed by atoms with van der Waals surface area (Å²) in [5.74, 6) is -0.794. The average molecular weight is 426 g/mol. The van der Waals surface area contributed by atoms with E-state index in [0.29, 0.717) is 5.75 Å². The molecule has 0 atom stereocenters. The van der Waals surface area contributed by atoms with Gasteiger partial charge < -0.3 is 15.8 Å². The van der Waals surface area contributed by atoms with Gasteiger partial charge in [0.15, 0.2) is 0 Å². The molecule has 1 amide bonds. The molecule has 3 N–H and O–H groups in total. The minimum atomic E-state index is -0.810. The Morgan fingerprint density at radius 3 is 2.19 bits per heavy atom. The van der Waals surface area contributed by atoms with Crippen molar-refractivity contribution in [2.24, 2.45) is 12.8 Å². The fraction of sp³-hybridized carbons (Fsp3) is 0.250. The van der Waals surface area contributed by atoms with Crippen molar-refractivity contribution in [1.29, 1.82) is 0 Å². The lowest BCUT2D eigenvalue weighted by molar-refractivity contribution is 0.0998. The Bertz CT molecular complexity index is 1170. The molecule has 1 heterocycles. The van der Waals surface area contributed by atoms with E-state index >= 15 is 0 Å². The Morgan fingerprint density at radius 1 is 1.00 bits per heavy atom. The molecule has 0 unspecified atom stereocenters. The van der Waals surface area contributed by atoms with Crippen LogP contribution < -0.4 is 21.3 Å². The maximum absolute atomic E-state index is 14.3. The highest BCUT2D eigenvalue weighted by Crippen LogP contribution is 2.32. The molecular weight excluding hydrogens is 397 g/mol. The van der Waals surface area contributed by atoms with Crippen LogP contribution in [0, 0.1) is 26.6 Å². The topological polar surface area (TPSA) is 86.3 Å². The first-order chi connectivity index (χ1) is 14.7. The monoisotopic (exact) mass is 425 g/mol. The number of primary amides is 1. The van der Waals surface area contributed by atoms with Crippen LogP contribution in [-0.4, -0.2) is 10.5 Å². The third-order valence-electron chi connectivity index (χ3n) is 4.58. The molecule has 2 aromatic carbocycles. The van der Waals surface area contributed by atoms with Gasteiger partial charge in [-0.1, -0.05) is 37.6 Å². The number of amides is 1. The fourth-order valence-electron chi connectivity index (χ4n) is 3.02. The molecule has 0 saturated carbocycles. The van der Waals surface area contributed by atoms with Gasteiger partial charge in [-0.2, -0.15) is 0 Å². The number of hydrogen-bond acceptors (Lipinski definition) is 4. The summed E-state index contributed by atoms with van der Waals surface area (Å²) in [5.41, 5.74) is 7.84. The highest BCUT2D eigenvalue weighted by Gasteiger charge is 2.22. The van der Waals surface area contributed by atoms with Crippen LogP contribution in [0.5, 0.6) is 11.5 Å². The molecule has 0 aliphatic rings. The van der Waals surface area contributed by atoms with Crippen molar-refractivity contribution in [3.63, 3.8) is 0 Å². The van der Waals surface area contributed by atoms with E-state index in [-0.39, 0.29) is 22.8 Å². The van der Waals surface area contributed by atoms with Crippen LogP contribution in [0.1, 0.15) is 40.9 Å². The molecule has 3 aromatic rings.